The standard InChI is InChI=1S/C18H27NOS/c1-17(2)8-5-9-18(12-19,16(17)20)10-13-11-21-15-7-4-3-6-14(13)15/h3-4,6-7,13,16,20H,5,8-12,19H2,1-2H3. The second-order valence-electron chi connectivity index (χ2n) is 7.56. The first kappa shape index (κ1) is 15.4. The van der Waals surface area contributed by atoms with Gasteiger partial charge in [0.25, 0.3) is 0 Å². The zero-order chi connectivity index (χ0) is 15.1. The molecule has 1 fully saturated rings. The summed E-state index contributed by atoms with van der Waals surface area (Å²) in [5, 5.41) is 11.0. The third-order valence-corrected chi connectivity index (χ3v) is 6.93. The molecule has 2 aliphatic rings. The molecule has 1 aromatic rings. The van der Waals surface area contributed by atoms with Gasteiger partial charge in [0.05, 0.1) is 6.10 Å². The molecule has 2 nitrogen and oxygen atoms in total. The van der Waals surface area contributed by atoms with Gasteiger partial charge in [0.1, 0.15) is 0 Å². The molecule has 3 rings (SSSR count). The van der Waals surface area contributed by atoms with Crippen molar-refractivity contribution in [1.82, 2.24) is 0 Å². The Kier molecular flexibility index (Phi) is 4.10. The quantitative estimate of drug-likeness (QED) is 0.893. The van der Waals surface area contributed by atoms with Gasteiger partial charge in [0, 0.05) is 22.6 Å². The van der Waals surface area contributed by atoms with Crippen LogP contribution in [0.5, 0.6) is 0 Å². The second-order valence-corrected chi connectivity index (χ2v) is 8.62. The van der Waals surface area contributed by atoms with Gasteiger partial charge in [-0.15, -0.1) is 11.8 Å². The van der Waals surface area contributed by atoms with Gasteiger partial charge in [-0.05, 0) is 42.2 Å². The molecule has 3 N–H and O–H groups in total. The maximum atomic E-state index is 11.0. The molecule has 116 valence electrons. The van der Waals surface area contributed by atoms with Crippen molar-refractivity contribution in [2.24, 2.45) is 16.6 Å². The Balaban J connectivity index is 1.85. The average Bonchev–Trinajstić information content (AvgIpc) is 2.87. The van der Waals surface area contributed by atoms with Crippen LogP contribution in [0.3, 0.4) is 0 Å². The van der Waals surface area contributed by atoms with E-state index in [0.717, 1.165) is 25.0 Å². The lowest BCUT2D eigenvalue weighted by molar-refractivity contribution is -0.0945. The monoisotopic (exact) mass is 305 g/mol. The molecule has 0 radical (unpaired) electrons. The number of thioether (sulfide) groups is 1. The van der Waals surface area contributed by atoms with Crippen molar-refractivity contribution in [1.29, 1.82) is 0 Å². The number of benzene rings is 1. The van der Waals surface area contributed by atoms with Gasteiger partial charge in [0.15, 0.2) is 0 Å². The van der Waals surface area contributed by atoms with Crippen molar-refractivity contribution >= 4 is 11.8 Å². The minimum Gasteiger partial charge on any atom is -0.392 e. The molecule has 1 heterocycles. The molecular weight excluding hydrogens is 278 g/mol. The lowest BCUT2D eigenvalue weighted by Crippen LogP contribution is -2.52. The molecule has 3 atom stereocenters. The van der Waals surface area contributed by atoms with Crippen LogP contribution in [-0.4, -0.2) is 23.5 Å². The summed E-state index contributed by atoms with van der Waals surface area (Å²) in [7, 11) is 0. The molecule has 0 saturated heterocycles. The summed E-state index contributed by atoms with van der Waals surface area (Å²) in [6.07, 6.45) is 4.09. The first-order chi connectivity index (χ1) is 9.98. The van der Waals surface area contributed by atoms with Gasteiger partial charge in [-0.1, -0.05) is 38.5 Å². The Bertz CT molecular complexity index is 516. The van der Waals surface area contributed by atoms with Gasteiger partial charge in [-0.25, -0.2) is 0 Å². The lowest BCUT2D eigenvalue weighted by Gasteiger charge is -2.50. The minimum absolute atomic E-state index is 0.0110. The third kappa shape index (κ3) is 2.64. The van der Waals surface area contributed by atoms with Gasteiger partial charge < -0.3 is 10.8 Å². The van der Waals surface area contributed by atoms with E-state index < -0.39 is 0 Å². The van der Waals surface area contributed by atoms with E-state index in [2.05, 4.69) is 38.1 Å². The van der Waals surface area contributed by atoms with Crippen LogP contribution < -0.4 is 5.73 Å². The summed E-state index contributed by atoms with van der Waals surface area (Å²) in [5.74, 6) is 1.67. The smallest absolute Gasteiger partial charge is 0.0659 e. The zero-order valence-electron chi connectivity index (χ0n) is 13.1. The number of aliphatic hydroxyl groups is 1. The van der Waals surface area contributed by atoms with Crippen LogP contribution in [0.1, 0.15) is 51.0 Å². The molecule has 21 heavy (non-hydrogen) atoms. The number of rotatable bonds is 3. The molecular formula is C18H27NOS. The van der Waals surface area contributed by atoms with Crippen LogP contribution in [0, 0.1) is 10.8 Å². The average molecular weight is 305 g/mol. The highest BCUT2D eigenvalue weighted by Gasteiger charge is 2.49. The number of hydrogen-bond donors (Lipinski definition) is 2. The molecule has 1 aromatic carbocycles. The summed E-state index contributed by atoms with van der Waals surface area (Å²) >= 11 is 1.95. The Morgan fingerprint density at radius 2 is 2.05 bits per heavy atom. The highest BCUT2D eigenvalue weighted by molar-refractivity contribution is 7.99. The maximum absolute atomic E-state index is 11.0. The predicted octanol–water partition coefficient (Wildman–Crippen LogP) is 3.78. The van der Waals surface area contributed by atoms with Crippen molar-refractivity contribution in [2.75, 3.05) is 12.3 Å². The van der Waals surface area contributed by atoms with E-state index >= 15 is 0 Å². The normalized spacial score (nSPS) is 34.7. The number of hydrogen-bond acceptors (Lipinski definition) is 3. The molecule has 1 aliphatic carbocycles. The number of nitrogens with two attached hydrogens (primary N) is 1. The van der Waals surface area contributed by atoms with Crippen molar-refractivity contribution in [3.63, 3.8) is 0 Å². The fraction of sp³-hybridized carbons (Fsp3) is 0.667. The van der Waals surface area contributed by atoms with E-state index in [9.17, 15) is 5.11 Å². The van der Waals surface area contributed by atoms with E-state index in [4.69, 9.17) is 5.73 Å². The van der Waals surface area contributed by atoms with E-state index in [-0.39, 0.29) is 16.9 Å². The van der Waals surface area contributed by atoms with Crippen LogP contribution in [-0.2, 0) is 0 Å². The summed E-state index contributed by atoms with van der Waals surface area (Å²) in [6.45, 7) is 4.98. The first-order valence-corrected chi connectivity index (χ1v) is 9.07. The predicted molar refractivity (Wildman–Crippen MR) is 89.7 cm³/mol. The first-order valence-electron chi connectivity index (χ1n) is 8.08. The summed E-state index contributed by atoms with van der Waals surface area (Å²) in [5.41, 5.74) is 7.53. The third-order valence-electron chi connectivity index (χ3n) is 5.67. The molecule has 1 aliphatic heterocycles. The summed E-state index contributed by atoms with van der Waals surface area (Å²) in [6, 6.07) is 8.72. The molecule has 0 amide bonds. The lowest BCUT2D eigenvalue weighted by atomic mass is 9.58. The molecule has 3 unspecified atom stereocenters. The maximum Gasteiger partial charge on any atom is 0.0659 e. The number of fused-ring (bicyclic) bond motifs is 1. The summed E-state index contributed by atoms with van der Waals surface area (Å²) < 4.78 is 0. The highest BCUT2D eigenvalue weighted by atomic mass is 32.2. The molecule has 0 spiro atoms. The topological polar surface area (TPSA) is 46.2 Å². The second kappa shape index (κ2) is 5.60. The van der Waals surface area contributed by atoms with E-state index in [1.807, 2.05) is 11.8 Å². The van der Waals surface area contributed by atoms with Crippen LogP contribution >= 0.6 is 11.8 Å². The molecule has 1 saturated carbocycles. The van der Waals surface area contributed by atoms with Crippen molar-refractivity contribution in [3.05, 3.63) is 29.8 Å². The molecule has 0 aromatic heterocycles. The molecule has 0 bridgehead atoms. The van der Waals surface area contributed by atoms with Gasteiger partial charge >= 0.3 is 0 Å². The van der Waals surface area contributed by atoms with Crippen LogP contribution in [0.2, 0.25) is 0 Å². The van der Waals surface area contributed by atoms with Crippen LogP contribution in [0.15, 0.2) is 29.2 Å². The van der Waals surface area contributed by atoms with Crippen LogP contribution in [0.4, 0.5) is 0 Å². The largest absolute Gasteiger partial charge is 0.392 e. The van der Waals surface area contributed by atoms with Crippen molar-refractivity contribution in [2.45, 2.75) is 56.4 Å². The van der Waals surface area contributed by atoms with Crippen molar-refractivity contribution in [3.8, 4) is 0 Å². The van der Waals surface area contributed by atoms with Gasteiger partial charge in [-0.2, -0.15) is 0 Å². The fourth-order valence-corrected chi connectivity index (χ4v) is 5.65. The Morgan fingerprint density at radius 3 is 2.81 bits per heavy atom. The SMILES string of the molecule is CC1(C)CCCC(CN)(CC2CSc3ccccc32)C1O. The van der Waals surface area contributed by atoms with Gasteiger partial charge in [-0.3, -0.25) is 0 Å². The van der Waals surface area contributed by atoms with E-state index in [1.165, 1.54) is 16.9 Å². The highest BCUT2D eigenvalue weighted by Crippen LogP contribution is 2.53. The Labute approximate surface area is 132 Å². The van der Waals surface area contributed by atoms with Gasteiger partial charge in [0.2, 0.25) is 0 Å². The van der Waals surface area contributed by atoms with Crippen LogP contribution in [0.25, 0.3) is 0 Å². The number of aliphatic hydroxyl groups excluding tert-OH is 1. The zero-order valence-corrected chi connectivity index (χ0v) is 14.0. The van der Waals surface area contributed by atoms with Crippen molar-refractivity contribution < 1.29 is 5.11 Å². The minimum atomic E-state index is -0.290. The van der Waals surface area contributed by atoms with E-state index in [1.54, 1.807) is 0 Å². The molecule has 3 heteroatoms. The fourth-order valence-electron chi connectivity index (χ4n) is 4.40. The summed E-state index contributed by atoms with van der Waals surface area (Å²) in [4.78, 5) is 1.42. The Morgan fingerprint density at radius 1 is 1.29 bits per heavy atom. The van der Waals surface area contributed by atoms with E-state index in [0.29, 0.717) is 12.5 Å². The Hall–Kier alpha value is -0.510.